The molecule has 0 radical (unpaired) electrons. The van der Waals surface area contributed by atoms with Gasteiger partial charge in [0.1, 0.15) is 0 Å². The number of nitrogens with one attached hydrogen (secondary N) is 1. The molecule has 1 aromatic carbocycles. The van der Waals surface area contributed by atoms with Gasteiger partial charge in [-0.25, -0.2) is 0 Å². The molecule has 1 fully saturated rings. The Balaban J connectivity index is 2.12. The summed E-state index contributed by atoms with van der Waals surface area (Å²) in [4.78, 5) is 0. The van der Waals surface area contributed by atoms with Crippen LogP contribution in [0.1, 0.15) is 29.2 Å². The summed E-state index contributed by atoms with van der Waals surface area (Å²) in [5, 5.41) is 3.60. The highest BCUT2D eigenvalue weighted by molar-refractivity contribution is 5.41. The Hall–Kier alpha value is -0.820. The zero-order valence-corrected chi connectivity index (χ0v) is 8.01. The molecule has 0 spiro atoms. The van der Waals surface area contributed by atoms with Crippen molar-refractivity contribution in [2.24, 2.45) is 5.92 Å². The van der Waals surface area contributed by atoms with Gasteiger partial charge >= 0.3 is 0 Å². The third-order valence-electron chi connectivity index (χ3n) is 3.60. The fourth-order valence-corrected chi connectivity index (χ4v) is 2.90. The second kappa shape index (κ2) is 2.58. The molecule has 1 heteroatoms. The average Bonchev–Trinajstić information content (AvgIpc) is 2.65. The molecule has 0 saturated carbocycles. The van der Waals surface area contributed by atoms with Crippen molar-refractivity contribution in [3.8, 4) is 0 Å². The minimum Gasteiger partial charge on any atom is -0.310 e. The lowest BCUT2D eigenvalue weighted by atomic mass is 10.0. The van der Waals surface area contributed by atoms with Gasteiger partial charge in [0.25, 0.3) is 0 Å². The van der Waals surface area contributed by atoms with Crippen LogP contribution in [0.3, 0.4) is 0 Å². The van der Waals surface area contributed by atoms with Crippen LogP contribution in [0.4, 0.5) is 0 Å². The molecule has 0 aromatic heterocycles. The van der Waals surface area contributed by atoms with E-state index < -0.39 is 0 Å². The van der Waals surface area contributed by atoms with Gasteiger partial charge < -0.3 is 5.32 Å². The molecule has 1 aliphatic heterocycles. The monoisotopic (exact) mass is 173 g/mol. The minimum absolute atomic E-state index is 0.676. The van der Waals surface area contributed by atoms with E-state index in [0.29, 0.717) is 6.04 Å². The molecule has 0 bridgehead atoms. The van der Waals surface area contributed by atoms with Crippen LogP contribution in [0.25, 0.3) is 0 Å². The molecule has 13 heavy (non-hydrogen) atoms. The minimum atomic E-state index is 0.676. The molecular weight excluding hydrogens is 158 g/mol. The SMILES string of the molecule is Cc1cccc2c1CC1CCNC21. The molecule has 1 heterocycles. The molecule has 1 saturated heterocycles. The van der Waals surface area contributed by atoms with Crippen molar-refractivity contribution >= 4 is 0 Å². The molecular formula is C12H15N. The van der Waals surface area contributed by atoms with E-state index in [0.717, 1.165) is 5.92 Å². The van der Waals surface area contributed by atoms with E-state index in [4.69, 9.17) is 0 Å². The summed E-state index contributed by atoms with van der Waals surface area (Å²) in [5.74, 6) is 0.885. The normalized spacial score (nSPS) is 30.2. The standard InChI is InChI=1S/C12H15N/c1-8-3-2-4-10-11(8)7-9-5-6-13-12(9)10/h2-4,9,12-13H,5-7H2,1H3. The van der Waals surface area contributed by atoms with Crippen LogP contribution in [-0.2, 0) is 6.42 Å². The zero-order chi connectivity index (χ0) is 8.84. The van der Waals surface area contributed by atoms with Crippen LogP contribution < -0.4 is 5.32 Å². The highest BCUT2D eigenvalue weighted by Crippen LogP contribution is 2.41. The first kappa shape index (κ1) is 7.57. The molecule has 1 aliphatic carbocycles. The molecule has 2 atom stereocenters. The number of fused-ring (bicyclic) bond motifs is 3. The lowest BCUT2D eigenvalue weighted by molar-refractivity contribution is 0.504. The van der Waals surface area contributed by atoms with Gasteiger partial charge in [0.15, 0.2) is 0 Å². The summed E-state index contributed by atoms with van der Waals surface area (Å²) in [5.41, 5.74) is 4.67. The van der Waals surface area contributed by atoms with Crippen molar-refractivity contribution in [2.45, 2.75) is 25.8 Å². The molecule has 68 valence electrons. The summed E-state index contributed by atoms with van der Waals surface area (Å²) in [6, 6.07) is 7.40. The van der Waals surface area contributed by atoms with E-state index in [1.807, 2.05) is 0 Å². The van der Waals surface area contributed by atoms with Crippen LogP contribution >= 0.6 is 0 Å². The van der Waals surface area contributed by atoms with Crippen LogP contribution in [0, 0.1) is 12.8 Å². The van der Waals surface area contributed by atoms with Gasteiger partial charge in [0.05, 0.1) is 0 Å². The summed E-state index contributed by atoms with van der Waals surface area (Å²) in [6.07, 6.45) is 2.67. The van der Waals surface area contributed by atoms with Gasteiger partial charge in [-0.1, -0.05) is 18.2 Å². The van der Waals surface area contributed by atoms with Gasteiger partial charge in [0, 0.05) is 6.04 Å². The molecule has 3 rings (SSSR count). The van der Waals surface area contributed by atoms with Gasteiger partial charge in [-0.15, -0.1) is 0 Å². The summed E-state index contributed by atoms with van der Waals surface area (Å²) < 4.78 is 0. The predicted octanol–water partition coefficient (Wildman–Crippen LogP) is 2.20. The second-order valence-electron chi connectivity index (χ2n) is 4.33. The van der Waals surface area contributed by atoms with Crippen molar-refractivity contribution in [1.29, 1.82) is 0 Å². The van der Waals surface area contributed by atoms with E-state index in [9.17, 15) is 0 Å². The number of rotatable bonds is 0. The average molecular weight is 173 g/mol. The van der Waals surface area contributed by atoms with Gasteiger partial charge in [0.2, 0.25) is 0 Å². The van der Waals surface area contributed by atoms with E-state index in [1.165, 1.54) is 24.9 Å². The Morgan fingerprint density at radius 2 is 2.31 bits per heavy atom. The molecule has 1 N–H and O–H groups in total. The van der Waals surface area contributed by atoms with E-state index in [1.54, 1.807) is 11.1 Å². The Morgan fingerprint density at radius 3 is 3.23 bits per heavy atom. The Bertz CT molecular complexity index is 343. The van der Waals surface area contributed by atoms with Crippen molar-refractivity contribution in [1.82, 2.24) is 5.32 Å². The van der Waals surface area contributed by atoms with Crippen molar-refractivity contribution in [3.05, 3.63) is 34.9 Å². The second-order valence-corrected chi connectivity index (χ2v) is 4.33. The highest BCUT2D eigenvalue weighted by Gasteiger charge is 2.35. The molecule has 1 nitrogen and oxygen atoms in total. The number of hydrogen-bond acceptors (Lipinski definition) is 1. The maximum absolute atomic E-state index is 3.60. The first-order valence-electron chi connectivity index (χ1n) is 5.18. The van der Waals surface area contributed by atoms with Crippen molar-refractivity contribution in [3.63, 3.8) is 0 Å². The quantitative estimate of drug-likeness (QED) is 0.634. The van der Waals surface area contributed by atoms with Crippen LogP contribution in [0.2, 0.25) is 0 Å². The first-order chi connectivity index (χ1) is 6.36. The van der Waals surface area contributed by atoms with Crippen LogP contribution in [-0.4, -0.2) is 6.54 Å². The third-order valence-corrected chi connectivity index (χ3v) is 3.60. The van der Waals surface area contributed by atoms with E-state index >= 15 is 0 Å². The lowest BCUT2D eigenvalue weighted by Gasteiger charge is -2.10. The predicted molar refractivity (Wildman–Crippen MR) is 53.7 cm³/mol. The van der Waals surface area contributed by atoms with Gasteiger partial charge in [-0.05, 0) is 48.9 Å². The maximum Gasteiger partial charge on any atom is 0.0355 e. The summed E-state index contributed by atoms with van der Waals surface area (Å²) >= 11 is 0. The smallest absolute Gasteiger partial charge is 0.0355 e. The molecule has 2 aliphatic rings. The Labute approximate surface area is 79.2 Å². The van der Waals surface area contributed by atoms with Gasteiger partial charge in [-0.3, -0.25) is 0 Å². The zero-order valence-electron chi connectivity index (χ0n) is 8.01. The topological polar surface area (TPSA) is 12.0 Å². The van der Waals surface area contributed by atoms with Gasteiger partial charge in [-0.2, -0.15) is 0 Å². The summed E-state index contributed by atoms with van der Waals surface area (Å²) in [6.45, 7) is 3.45. The van der Waals surface area contributed by atoms with Crippen molar-refractivity contribution in [2.75, 3.05) is 6.54 Å². The number of benzene rings is 1. The number of aryl methyl sites for hydroxylation is 1. The van der Waals surface area contributed by atoms with Crippen molar-refractivity contribution < 1.29 is 0 Å². The largest absolute Gasteiger partial charge is 0.310 e. The Morgan fingerprint density at radius 1 is 1.38 bits per heavy atom. The first-order valence-corrected chi connectivity index (χ1v) is 5.18. The number of hydrogen-bond donors (Lipinski definition) is 1. The lowest BCUT2D eigenvalue weighted by Crippen LogP contribution is -2.13. The molecule has 0 amide bonds. The highest BCUT2D eigenvalue weighted by atomic mass is 15.0. The van der Waals surface area contributed by atoms with Crippen LogP contribution in [0.5, 0.6) is 0 Å². The Kier molecular flexibility index (Phi) is 1.50. The third kappa shape index (κ3) is 0.969. The van der Waals surface area contributed by atoms with Crippen LogP contribution in [0.15, 0.2) is 18.2 Å². The maximum atomic E-state index is 3.60. The van der Waals surface area contributed by atoms with E-state index in [-0.39, 0.29) is 0 Å². The summed E-state index contributed by atoms with van der Waals surface area (Å²) in [7, 11) is 0. The fraction of sp³-hybridized carbons (Fsp3) is 0.500. The molecule has 2 unspecified atom stereocenters. The van der Waals surface area contributed by atoms with E-state index in [2.05, 4.69) is 30.4 Å². The fourth-order valence-electron chi connectivity index (χ4n) is 2.90. The molecule has 1 aromatic rings.